The number of nitrogens with one attached hydrogen (secondary N) is 1. The normalized spacial score (nSPS) is 17.4. The van der Waals surface area contributed by atoms with E-state index < -0.39 is 5.91 Å². The van der Waals surface area contributed by atoms with Gasteiger partial charge in [0, 0.05) is 26.2 Å². The average Bonchev–Trinajstić information content (AvgIpc) is 2.79. The number of amides is 2. The van der Waals surface area contributed by atoms with Crippen LogP contribution in [0.2, 0.25) is 0 Å². The lowest BCUT2D eigenvalue weighted by Crippen LogP contribution is -2.34. The number of carbonyl (C=O) groups is 2. The minimum atomic E-state index is -0.498. The molecule has 2 rings (SSSR count). The molecule has 0 atom stereocenters. The fourth-order valence-electron chi connectivity index (χ4n) is 1.97. The van der Waals surface area contributed by atoms with E-state index in [0.29, 0.717) is 18.8 Å². The summed E-state index contributed by atoms with van der Waals surface area (Å²) in [7, 11) is 1.80. The quantitative estimate of drug-likeness (QED) is 0.411. The van der Waals surface area contributed by atoms with Gasteiger partial charge < -0.3 is 9.42 Å². The molecule has 0 aromatic carbocycles. The molecule has 8 heteroatoms. The molecule has 2 amide bonds. The van der Waals surface area contributed by atoms with Crippen molar-refractivity contribution in [1.29, 1.82) is 0 Å². The Morgan fingerprint density at radius 1 is 1.58 bits per heavy atom. The Hall–Kier alpha value is -1.93. The number of nitrogens with zero attached hydrogens (tertiary/aromatic N) is 3. The van der Waals surface area contributed by atoms with Gasteiger partial charge >= 0.3 is 0 Å². The van der Waals surface area contributed by atoms with Gasteiger partial charge in [0.25, 0.3) is 5.91 Å². The molecule has 8 nitrogen and oxygen atoms in total. The molecular formula is C11H17N5O3. The first-order chi connectivity index (χ1) is 9.10. The van der Waals surface area contributed by atoms with Crippen molar-refractivity contribution in [3.63, 3.8) is 0 Å². The predicted octanol–water partition coefficient (Wildman–Crippen LogP) is -1.06. The maximum Gasteiger partial charge on any atom is 0.287 e. The predicted molar refractivity (Wildman–Crippen MR) is 65.7 cm³/mol. The summed E-state index contributed by atoms with van der Waals surface area (Å²) >= 11 is 0. The van der Waals surface area contributed by atoms with E-state index in [9.17, 15) is 9.59 Å². The molecule has 2 heterocycles. The Kier molecular flexibility index (Phi) is 4.13. The molecule has 0 bridgehead atoms. The van der Waals surface area contributed by atoms with Crippen molar-refractivity contribution in [2.75, 3.05) is 26.7 Å². The Balaban J connectivity index is 1.98. The number of hydrogen-bond donors (Lipinski definition) is 2. The molecule has 1 aromatic heterocycles. The van der Waals surface area contributed by atoms with Crippen molar-refractivity contribution in [3.05, 3.63) is 17.5 Å². The van der Waals surface area contributed by atoms with Crippen LogP contribution in [0, 0.1) is 0 Å². The first-order valence-corrected chi connectivity index (χ1v) is 6.03. The molecule has 0 spiro atoms. The summed E-state index contributed by atoms with van der Waals surface area (Å²) in [4.78, 5) is 26.7. The maximum atomic E-state index is 11.7. The Morgan fingerprint density at radius 3 is 3.11 bits per heavy atom. The van der Waals surface area contributed by atoms with E-state index in [1.165, 1.54) is 6.07 Å². The summed E-state index contributed by atoms with van der Waals surface area (Å²) in [6.07, 6.45) is 0.909. The van der Waals surface area contributed by atoms with Gasteiger partial charge in [-0.25, -0.2) is 5.84 Å². The van der Waals surface area contributed by atoms with Gasteiger partial charge in [0.2, 0.25) is 5.91 Å². The average molecular weight is 267 g/mol. The van der Waals surface area contributed by atoms with Crippen molar-refractivity contribution >= 4 is 11.8 Å². The van der Waals surface area contributed by atoms with Crippen LogP contribution in [0.15, 0.2) is 10.6 Å². The summed E-state index contributed by atoms with van der Waals surface area (Å²) in [6.45, 7) is 2.35. The van der Waals surface area contributed by atoms with Gasteiger partial charge in [0.15, 0.2) is 11.5 Å². The van der Waals surface area contributed by atoms with E-state index in [0.717, 1.165) is 19.5 Å². The van der Waals surface area contributed by atoms with Crippen LogP contribution in [0.25, 0.3) is 0 Å². The van der Waals surface area contributed by atoms with E-state index >= 15 is 0 Å². The molecule has 0 aliphatic carbocycles. The van der Waals surface area contributed by atoms with E-state index in [-0.39, 0.29) is 11.6 Å². The van der Waals surface area contributed by atoms with Crippen molar-refractivity contribution in [1.82, 2.24) is 20.4 Å². The van der Waals surface area contributed by atoms with Gasteiger partial charge in [-0.15, -0.1) is 0 Å². The fraction of sp³-hybridized carbons (Fsp3) is 0.545. The number of aromatic nitrogens is 1. The van der Waals surface area contributed by atoms with Crippen LogP contribution in [0.4, 0.5) is 0 Å². The van der Waals surface area contributed by atoms with Crippen LogP contribution in [0.5, 0.6) is 0 Å². The Labute approximate surface area is 110 Å². The zero-order chi connectivity index (χ0) is 13.8. The fourth-order valence-corrected chi connectivity index (χ4v) is 1.97. The summed E-state index contributed by atoms with van der Waals surface area (Å²) in [5.41, 5.74) is 2.12. The number of rotatable bonds is 3. The standard InChI is InChI=1S/C11H17N5O3/c1-15-3-2-4-16(7-10(15)17)6-8-5-9(14-19-8)11(18)13-12/h5H,2-4,6-7,12H2,1H3,(H,13,18). The van der Waals surface area contributed by atoms with E-state index in [2.05, 4.69) is 5.16 Å². The van der Waals surface area contributed by atoms with Crippen molar-refractivity contribution in [2.24, 2.45) is 5.84 Å². The molecule has 0 unspecified atom stereocenters. The van der Waals surface area contributed by atoms with Crippen LogP contribution in [-0.4, -0.2) is 53.5 Å². The summed E-state index contributed by atoms with van der Waals surface area (Å²) in [6, 6.07) is 1.53. The second-order valence-electron chi connectivity index (χ2n) is 4.53. The van der Waals surface area contributed by atoms with E-state index in [1.807, 2.05) is 10.3 Å². The first-order valence-electron chi connectivity index (χ1n) is 6.03. The number of carbonyl (C=O) groups excluding carboxylic acids is 2. The van der Waals surface area contributed by atoms with Crippen LogP contribution < -0.4 is 11.3 Å². The van der Waals surface area contributed by atoms with Crippen molar-refractivity contribution in [2.45, 2.75) is 13.0 Å². The highest BCUT2D eigenvalue weighted by molar-refractivity contribution is 5.91. The molecule has 1 aliphatic heterocycles. The first kappa shape index (κ1) is 13.5. The third-order valence-electron chi connectivity index (χ3n) is 3.05. The third kappa shape index (κ3) is 3.30. The third-order valence-corrected chi connectivity index (χ3v) is 3.05. The second kappa shape index (κ2) is 5.81. The van der Waals surface area contributed by atoms with E-state index in [4.69, 9.17) is 10.4 Å². The van der Waals surface area contributed by atoms with E-state index in [1.54, 1.807) is 11.9 Å². The van der Waals surface area contributed by atoms with Crippen LogP contribution in [0.3, 0.4) is 0 Å². The van der Waals surface area contributed by atoms with Gasteiger partial charge in [-0.1, -0.05) is 5.16 Å². The van der Waals surface area contributed by atoms with Crippen LogP contribution in [-0.2, 0) is 11.3 Å². The van der Waals surface area contributed by atoms with Crippen LogP contribution >= 0.6 is 0 Å². The zero-order valence-corrected chi connectivity index (χ0v) is 10.8. The number of hydrazine groups is 1. The summed E-state index contributed by atoms with van der Waals surface area (Å²) < 4.78 is 5.06. The number of hydrogen-bond acceptors (Lipinski definition) is 6. The molecule has 104 valence electrons. The van der Waals surface area contributed by atoms with Gasteiger partial charge in [0.1, 0.15) is 0 Å². The minimum Gasteiger partial charge on any atom is -0.359 e. The molecule has 0 saturated carbocycles. The SMILES string of the molecule is CN1CCCN(Cc2cc(C(=O)NN)no2)CC1=O. The molecule has 1 fully saturated rings. The smallest absolute Gasteiger partial charge is 0.287 e. The molecule has 0 radical (unpaired) electrons. The molecule has 1 aliphatic rings. The minimum absolute atomic E-state index is 0.0805. The second-order valence-corrected chi connectivity index (χ2v) is 4.53. The zero-order valence-electron chi connectivity index (χ0n) is 10.8. The Bertz CT molecular complexity index is 473. The topological polar surface area (TPSA) is 105 Å². The molecule has 19 heavy (non-hydrogen) atoms. The molecular weight excluding hydrogens is 250 g/mol. The molecule has 1 saturated heterocycles. The lowest BCUT2D eigenvalue weighted by atomic mass is 10.3. The molecule has 3 N–H and O–H groups in total. The highest BCUT2D eigenvalue weighted by atomic mass is 16.5. The van der Waals surface area contributed by atoms with Gasteiger partial charge in [-0.05, 0) is 6.42 Å². The largest absolute Gasteiger partial charge is 0.359 e. The highest BCUT2D eigenvalue weighted by Gasteiger charge is 2.20. The Morgan fingerprint density at radius 2 is 2.37 bits per heavy atom. The van der Waals surface area contributed by atoms with Crippen molar-refractivity contribution < 1.29 is 14.1 Å². The number of nitrogens with two attached hydrogens (primary N) is 1. The van der Waals surface area contributed by atoms with Crippen LogP contribution in [0.1, 0.15) is 22.7 Å². The highest BCUT2D eigenvalue weighted by Crippen LogP contribution is 2.10. The monoisotopic (exact) mass is 267 g/mol. The van der Waals surface area contributed by atoms with Gasteiger partial charge in [0.05, 0.1) is 13.1 Å². The lowest BCUT2D eigenvalue weighted by Gasteiger charge is -2.17. The lowest BCUT2D eigenvalue weighted by molar-refractivity contribution is -0.130. The number of nitrogen functional groups attached to an aromatic ring is 1. The van der Waals surface area contributed by atoms with Crippen molar-refractivity contribution in [3.8, 4) is 0 Å². The van der Waals surface area contributed by atoms with Gasteiger partial charge in [-0.3, -0.25) is 19.9 Å². The summed E-state index contributed by atoms with van der Waals surface area (Å²) in [5, 5.41) is 3.62. The maximum absolute atomic E-state index is 11.7. The number of likely N-dealkylation sites (N-methyl/N-ethyl adjacent to an activating group) is 1. The summed E-state index contributed by atoms with van der Waals surface area (Å²) in [5.74, 6) is 5.13. The molecule has 1 aromatic rings. The van der Waals surface area contributed by atoms with Gasteiger partial charge in [-0.2, -0.15) is 0 Å².